The normalized spacial score (nSPS) is 9.62. The highest BCUT2D eigenvalue weighted by molar-refractivity contribution is 7.19. The second-order valence-electron chi connectivity index (χ2n) is 2.06. The lowest BCUT2D eigenvalue weighted by atomic mass is 10.5. The minimum Gasteiger partial charge on any atom is -0.374 e. The molecule has 0 fully saturated rings. The van der Waals surface area contributed by atoms with Crippen LogP contribution in [0.25, 0.3) is 0 Å². The highest BCUT2D eigenvalue weighted by Gasteiger charge is 2.23. The highest BCUT2D eigenvalue weighted by Crippen LogP contribution is 2.38. The minimum absolute atomic E-state index is 0.191. The molecule has 0 amide bonds. The molecule has 0 aliphatic carbocycles. The lowest BCUT2D eigenvalue weighted by Gasteiger charge is -1.90. The van der Waals surface area contributed by atoms with Crippen LogP contribution >= 0.6 is 11.3 Å². The smallest absolute Gasteiger partial charge is 0.333 e. The fraction of sp³-hybridized carbons (Fsp3) is 0.200. The summed E-state index contributed by atoms with van der Waals surface area (Å²) in [7, 11) is 1.47. The van der Waals surface area contributed by atoms with E-state index in [4.69, 9.17) is 0 Å². The van der Waals surface area contributed by atoms with E-state index in [1.54, 1.807) is 0 Å². The van der Waals surface area contributed by atoms with Gasteiger partial charge in [0.15, 0.2) is 5.00 Å². The lowest BCUT2D eigenvalue weighted by Crippen LogP contribution is -1.91. The average molecular weight is 203 g/mol. The van der Waals surface area contributed by atoms with E-state index < -0.39 is 9.85 Å². The van der Waals surface area contributed by atoms with Gasteiger partial charge < -0.3 is 5.32 Å². The van der Waals surface area contributed by atoms with Crippen LogP contribution in [0.3, 0.4) is 0 Å². The van der Waals surface area contributed by atoms with Crippen molar-refractivity contribution < 1.29 is 9.85 Å². The molecule has 1 N–H and O–H groups in total. The summed E-state index contributed by atoms with van der Waals surface area (Å²) in [5.41, 5.74) is -0.265. The van der Waals surface area contributed by atoms with Crippen molar-refractivity contribution in [3.63, 3.8) is 0 Å². The van der Waals surface area contributed by atoms with E-state index >= 15 is 0 Å². The van der Waals surface area contributed by atoms with Crippen molar-refractivity contribution in [3.8, 4) is 0 Å². The second-order valence-corrected chi connectivity index (χ2v) is 3.09. The van der Waals surface area contributed by atoms with Crippen molar-refractivity contribution in [3.05, 3.63) is 26.3 Å². The zero-order valence-electron chi connectivity index (χ0n) is 6.51. The standard InChI is InChI=1S/C5H5N3O4S/c1-6-5-3(7(9)10)2-4(13-5)8(11)12/h2,6H,1H3. The number of nitrogens with zero attached hydrogens (tertiary/aromatic N) is 2. The van der Waals surface area contributed by atoms with Crippen LogP contribution < -0.4 is 5.32 Å². The van der Waals surface area contributed by atoms with E-state index in [1.165, 1.54) is 7.05 Å². The molecule has 70 valence electrons. The van der Waals surface area contributed by atoms with Gasteiger partial charge in [0, 0.05) is 7.05 Å². The molecule has 8 heteroatoms. The zero-order chi connectivity index (χ0) is 10.0. The molecular formula is C5H5N3O4S. The molecule has 13 heavy (non-hydrogen) atoms. The van der Waals surface area contributed by atoms with E-state index in [1.807, 2.05) is 0 Å². The van der Waals surface area contributed by atoms with E-state index in [9.17, 15) is 20.2 Å². The van der Waals surface area contributed by atoms with Crippen molar-refractivity contribution in [2.75, 3.05) is 12.4 Å². The molecule has 0 saturated carbocycles. The van der Waals surface area contributed by atoms with Crippen LogP contribution in [-0.2, 0) is 0 Å². The van der Waals surface area contributed by atoms with Crippen molar-refractivity contribution in [1.29, 1.82) is 0 Å². The Morgan fingerprint density at radius 2 is 2.00 bits per heavy atom. The van der Waals surface area contributed by atoms with Crippen LogP contribution in [0.2, 0.25) is 0 Å². The lowest BCUT2D eigenvalue weighted by molar-refractivity contribution is -0.389. The van der Waals surface area contributed by atoms with Gasteiger partial charge >= 0.3 is 10.7 Å². The number of nitrogens with one attached hydrogen (secondary N) is 1. The number of hydrogen-bond donors (Lipinski definition) is 1. The van der Waals surface area contributed by atoms with Crippen molar-refractivity contribution in [2.24, 2.45) is 0 Å². The number of nitro groups is 2. The molecule has 0 unspecified atom stereocenters. The Bertz CT molecular complexity index is 361. The van der Waals surface area contributed by atoms with Crippen LogP contribution in [0.4, 0.5) is 15.7 Å². The molecule has 0 aliphatic rings. The van der Waals surface area contributed by atoms with Gasteiger partial charge in [-0.3, -0.25) is 20.2 Å². The molecule has 7 nitrogen and oxygen atoms in total. The SMILES string of the molecule is CNc1sc([N+](=O)[O-])cc1[N+](=O)[O-]. The summed E-state index contributed by atoms with van der Waals surface area (Å²) in [5.74, 6) is 0. The summed E-state index contributed by atoms with van der Waals surface area (Å²) in [4.78, 5) is 19.3. The first-order chi connectivity index (χ1) is 6.06. The van der Waals surface area contributed by atoms with Crippen molar-refractivity contribution in [2.45, 2.75) is 0 Å². The minimum atomic E-state index is -0.657. The van der Waals surface area contributed by atoms with E-state index in [0.29, 0.717) is 0 Å². The summed E-state index contributed by atoms with van der Waals surface area (Å²) >= 11 is 0.744. The Balaban J connectivity index is 3.19. The molecule has 0 radical (unpaired) electrons. The molecule has 0 atom stereocenters. The van der Waals surface area contributed by atoms with Gasteiger partial charge in [0.25, 0.3) is 0 Å². The average Bonchev–Trinajstić information content (AvgIpc) is 2.47. The fourth-order valence-electron chi connectivity index (χ4n) is 0.774. The van der Waals surface area contributed by atoms with Gasteiger partial charge in [-0.2, -0.15) is 0 Å². The van der Waals surface area contributed by atoms with E-state index in [-0.39, 0.29) is 15.7 Å². The highest BCUT2D eigenvalue weighted by atomic mass is 32.1. The summed E-state index contributed by atoms with van der Waals surface area (Å²) in [6.45, 7) is 0. The molecule has 0 saturated heterocycles. The van der Waals surface area contributed by atoms with Crippen LogP contribution in [0, 0.1) is 20.2 Å². The molecule has 1 rings (SSSR count). The Labute approximate surface area is 76.3 Å². The van der Waals surface area contributed by atoms with E-state index in [2.05, 4.69) is 5.32 Å². The first-order valence-electron chi connectivity index (χ1n) is 3.16. The predicted octanol–water partition coefficient (Wildman–Crippen LogP) is 1.61. The van der Waals surface area contributed by atoms with Gasteiger partial charge in [-0.25, -0.2) is 0 Å². The third kappa shape index (κ3) is 1.72. The molecule has 1 aromatic rings. The van der Waals surface area contributed by atoms with Crippen LogP contribution in [0.5, 0.6) is 0 Å². The van der Waals surface area contributed by atoms with Gasteiger partial charge in [0.2, 0.25) is 0 Å². The molecule has 1 heterocycles. The van der Waals surface area contributed by atoms with Crippen LogP contribution in [0.15, 0.2) is 6.07 Å². The number of hydrogen-bond acceptors (Lipinski definition) is 6. The maximum absolute atomic E-state index is 10.4. The summed E-state index contributed by atoms with van der Waals surface area (Å²) in [6, 6.07) is 0.941. The maximum atomic E-state index is 10.4. The van der Waals surface area contributed by atoms with Gasteiger partial charge in [0.05, 0.1) is 9.85 Å². The third-order valence-electron chi connectivity index (χ3n) is 1.30. The Hall–Kier alpha value is -1.70. The third-order valence-corrected chi connectivity index (χ3v) is 2.40. The first kappa shape index (κ1) is 9.39. The van der Waals surface area contributed by atoms with Gasteiger partial charge in [-0.15, -0.1) is 0 Å². The predicted molar refractivity (Wildman–Crippen MR) is 47.2 cm³/mol. The van der Waals surface area contributed by atoms with Crippen molar-refractivity contribution >= 4 is 27.0 Å². The monoisotopic (exact) mass is 203 g/mol. The summed E-state index contributed by atoms with van der Waals surface area (Å²) in [6.07, 6.45) is 0. The summed E-state index contributed by atoms with van der Waals surface area (Å²) < 4.78 is 0. The van der Waals surface area contributed by atoms with Crippen LogP contribution in [-0.4, -0.2) is 16.9 Å². The van der Waals surface area contributed by atoms with Gasteiger partial charge in [-0.05, 0) is 11.3 Å². The number of thiophene rings is 1. The van der Waals surface area contributed by atoms with Crippen molar-refractivity contribution in [1.82, 2.24) is 0 Å². The number of anilines is 1. The Morgan fingerprint density at radius 3 is 2.31 bits per heavy atom. The Kier molecular flexibility index (Phi) is 2.42. The molecule has 0 aliphatic heterocycles. The zero-order valence-corrected chi connectivity index (χ0v) is 7.33. The first-order valence-corrected chi connectivity index (χ1v) is 3.98. The summed E-state index contributed by atoms with van der Waals surface area (Å²) in [5, 5.41) is 23.1. The van der Waals surface area contributed by atoms with E-state index in [0.717, 1.165) is 17.4 Å². The quantitative estimate of drug-likeness (QED) is 0.594. The molecule has 1 aromatic heterocycles. The second kappa shape index (κ2) is 3.35. The molecule has 0 bridgehead atoms. The molecule has 0 aromatic carbocycles. The number of rotatable bonds is 3. The fourth-order valence-corrected chi connectivity index (χ4v) is 1.57. The Morgan fingerprint density at radius 1 is 1.38 bits per heavy atom. The molecule has 0 spiro atoms. The topological polar surface area (TPSA) is 98.3 Å². The largest absolute Gasteiger partial charge is 0.374 e. The maximum Gasteiger partial charge on any atom is 0.333 e. The van der Waals surface area contributed by atoms with Gasteiger partial charge in [-0.1, -0.05) is 0 Å². The van der Waals surface area contributed by atoms with Crippen LogP contribution in [0.1, 0.15) is 0 Å². The van der Waals surface area contributed by atoms with Gasteiger partial charge in [0.1, 0.15) is 6.07 Å². The molecular weight excluding hydrogens is 198 g/mol.